The molecule has 0 spiro atoms. The summed E-state index contributed by atoms with van der Waals surface area (Å²) in [5, 5.41) is 11.8. The summed E-state index contributed by atoms with van der Waals surface area (Å²) in [5.41, 5.74) is 0. The monoisotopic (exact) mass is 283 g/mol. The van der Waals surface area contributed by atoms with Gasteiger partial charge in [-0.25, -0.2) is 0 Å². The zero-order chi connectivity index (χ0) is 15.0. The molecular weight excluding hydrogens is 254 g/mol. The molecule has 0 aliphatic heterocycles. The Kier molecular flexibility index (Phi) is 7.63. The van der Waals surface area contributed by atoms with Crippen molar-refractivity contribution in [2.75, 3.05) is 6.54 Å². The topological polar surface area (TPSA) is 66.4 Å². The van der Waals surface area contributed by atoms with Crippen molar-refractivity contribution in [3.8, 4) is 0 Å². The third kappa shape index (κ3) is 6.40. The van der Waals surface area contributed by atoms with Gasteiger partial charge < -0.3 is 10.4 Å². The van der Waals surface area contributed by atoms with Gasteiger partial charge in [0.25, 0.3) is 0 Å². The van der Waals surface area contributed by atoms with E-state index in [9.17, 15) is 9.59 Å². The predicted octanol–water partition coefficient (Wildman–Crippen LogP) is 3.21. The van der Waals surface area contributed by atoms with Gasteiger partial charge in [0.15, 0.2) is 0 Å². The molecule has 4 nitrogen and oxygen atoms in total. The minimum Gasteiger partial charge on any atom is -0.481 e. The van der Waals surface area contributed by atoms with E-state index in [1.807, 2.05) is 13.8 Å². The highest BCUT2D eigenvalue weighted by molar-refractivity contribution is 5.77. The predicted molar refractivity (Wildman–Crippen MR) is 79.4 cm³/mol. The number of hydrogen-bond donors (Lipinski definition) is 2. The van der Waals surface area contributed by atoms with Gasteiger partial charge in [0.05, 0.1) is 5.92 Å². The molecule has 0 aromatic rings. The third-order valence-electron chi connectivity index (χ3n) is 4.38. The molecule has 1 rings (SSSR count). The first-order valence-corrected chi connectivity index (χ1v) is 8.00. The Balaban J connectivity index is 2.14. The van der Waals surface area contributed by atoms with E-state index in [4.69, 9.17) is 5.11 Å². The maximum Gasteiger partial charge on any atom is 0.308 e. The van der Waals surface area contributed by atoms with Gasteiger partial charge in [-0.3, -0.25) is 9.59 Å². The van der Waals surface area contributed by atoms with Gasteiger partial charge in [0.2, 0.25) is 5.91 Å². The number of carboxylic acid groups (broad SMARTS) is 1. The summed E-state index contributed by atoms with van der Waals surface area (Å²) in [7, 11) is 0. The molecule has 1 fully saturated rings. The highest BCUT2D eigenvalue weighted by Crippen LogP contribution is 2.27. The first kappa shape index (κ1) is 17.0. The van der Waals surface area contributed by atoms with Crippen LogP contribution in [-0.2, 0) is 9.59 Å². The molecule has 2 N–H and O–H groups in total. The maximum absolute atomic E-state index is 11.7. The lowest BCUT2D eigenvalue weighted by Gasteiger charge is -2.21. The summed E-state index contributed by atoms with van der Waals surface area (Å²) in [4.78, 5) is 22.8. The molecule has 1 aliphatic rings. The average Bonchev–Trinajstić information content (AvgIpc) is 2.39. The summed E-state index contributed by atoms with van der Waals surface area (Å²) in [6, 6.07) is 0. The Morgan fingerprint density at radius 2 is 1.85 bits per heavy atom. The number of nitrogens with one attached hydrogen (secondary N) is 1. The van der Waals surface area contributed by atoms with Crippen molar-refractivity contribution in [2.24, 2.45) is 17.8 Å². The van der Waals surface area contributed by atoms with Crippen molar-refractivity contribution in [1.29, 1.82) is 0 Å². The van der Waals surface area contributed by atoms with Gasteiger partial charge in [0.1, 0.15) is 0 Å². The molecule has 0 heterocycles. The third-order valence-corrected chi connectivity index (χ3v) is 4.38. The van der Waals surface area contributed by atoms with Crippen LogP contribution in [0.25, 0.3) is 0 Å². The minimum absolute atomic E-state index is 0.00675. The SMILES string of the molecule is CC(C)C(CNC(=O)CCCC1CCCCC1)C(=O)O. The Bertz CT molecular complexity index is 309. The molecule has 20 heavy (non-hydrogen) atoms. The normalized spacial score (nSPS) is 17.9. The van der Waals surface area contributed by atoms with Crippen LogP contribution in [0, 0.1) is 17.8 Å². The molecule has 4 heteroatoms. The Morgan fingerprint density at radius 3 is 2.40 bits per heavy atom. The standard InChI is InChI=1S/C16H29NO3/c1-12(2)14(16(19)20)11-17-15(18)10-6-9-13-7-4-3-5-8-13/h12-14H,3-11H2,1-2H3,(H,17,18)(H,19,20). The molecular formula is C16H29NO3. The van der Waals surface area contributed by atoms with E-state index in [2.05, 4.69) is 5.32 Å². The van der Waals surface area contributed by atoms with Gasteiger partial charge in [-0.15, -0.1) is 0 Å². The molecule has 0 saturated heterocycles. The fourth-order valence-corrected chi connectivity index (χ4v) is 2.95. The van der Waals surface area contributed by atoms with Crippen LogP contribution in [-0.4, -0.2) is 23.5 Å². The van der Waals surface area contributed by atoms with Crippen LogP contribution in [0.15, 0.2) is 0 Å². The van der Waals surface area contributed by atoms with Crippen molar-refractivity contribution < 1.29 is 14.7 Å². The van der Waals surface area contributed by atoms with Crippen molar-refractivity contribution in [3.63, 3.8) is 0 Å². The lowest BCUT2D eigenvalue weighted by molar-refractivity contribution is -0.143. The fourth-order valence-electron chi connectivity index (χ4n) is 2.95. The minimum atomic E-state index is -0.831. The summed E-state index contributed by atoms with van der Waals surface area (Å²) >= 11 is 0. The van der Waals surface area contributed by atoms with Crippen LogP contribution in [0.3, 0.4) is 0 Å². The van der Waals surface area contributed by atoms with Crippen molar-refractivity contribution in [1.82, 2.24) is 5.32 Å². The van der Waals surface area contributed by atoms with Gasteiger partial charge >= 0.3 is 5.97 Å². The Labute approximate surface area is 122 Å². The number of aliphatic carboxylic acids is 1. The second-order valence-electron chi connectivity index (χ2n) is 6.39. The van der Waals surface area contributed by atoms with Gasteiger partial charge in [-0.05, 0) is 24.7 Å². The van der Waals surface area contributed by atoms with Gasteiger partial charge in [-0.2, -0.15) is 0 Å². The molecule has 1 atom stereocenters. The molecule has 0 aromatic carbocycles. The van der Waals surface area contributed by atoms with Crippen LogP contribution in [0.4, 0.5) is 0 Å². The van der Waals surface area contributed by atoms with Crippen molar-refractivity contribution >= 4 is 11.9 Å². The van der Waals surface area contributed by atoms with Crippen molar-refractivity contribution in [3.05, 3.63) is 0 Å². The van der Waals surface area contributed by atoms with E-state index >= 15 is 0 Å². The van der Waals surface area contributed by atoms with Gasteiger partial charge in [0, 0.05) is 13.0 Å². The first-order chi connectivity index (χ1) is 9.50. The second-order valence-corrected chi connectivity index (χ2v) is 6.39. The second kappa shape index (κ2) is 8.98. The van der Waals surface area contributed by atoms with E-state index in [-0.39, 0.29) is 18.4 Å². The van der Waals surface area contributed by atoms with E-state index < -0.39 is 11.9 Å². The summed E-state index contributed by atoms with van der Waals surface area (Å²) in [6.45, 7) is 3.98. The van der Waals surface area contributed by atoms with Crippen LogP contribution in [0.1, 0.15) is 65.2 Å². The highest BCUT2D eigenvalue weighted by Gasteiger charge is 2.22. The van der Waals surface area contributed by atoms with E-state index in [1.54, 1.807) is 0 Å². The first-order valence-electron chi connectivity index (χ1n) is 8.00. The van der Waals surface area contributed by atoms with Crippen molar-refractivity contribution in [2.45, 2.75) is 65.2 Å². The van der Waals surface area contributed by atoms with Gasteiger partial charge in [-0.1, -0.05) is 46.0 Å². The number of rotatable bonds is 8. The number of carboxylic acids is 1. The number of amides is 1. The zero-order valence-corrected chi connectivity index (χ0v) is 12.9. The van der Waals surface area contributed by atoms with Crippen LogP contribution in [0.2, 0.25) is 0 Å². The summed E-state index contributed by atoms with van der Waals surface area (Å²) in [6.07, 6.45) is 9.27. The Morgan fingerprint density at radius 1 is 1.20 bits per heavy atom. The molecule has 116 valence electrons. The molecule has 1 saturated carbocycles. The lowest BCUT2D eigenvalue weighted by atomic mass is 9.86. The Hall–Kier alpha value is -1.06. The molecule has 0 aromatic heterocycles. The lowest BCUT2D eigenvalue weighted by Crippen LogP contribution is -2.35. The molecule has 1 amide bonds. The number of carbonyl (C=O) groups excluding carboxylic acids is 1. The fraction of sp³-hybridized carbons (Fsp3) is 0.875. The van der Waals surface area contributed by atoms with Crippen LogP contribution >= 0.6 is 0 Å². The average molecular weight is 283 g/mol. The molecule has 0 radical (unpaired) electrons. The molecule has 1 unspecified atom stereocenters. The quantitative estimate of drug-likeness (QED) is 0.719. The summed E-state index contributed by atoms with van der Waals surface area (Å²) < 4.78 is 0. The molecule has 1 aliphatic carbocycles. The summed E-state index contributed by atoms with van der Waals surface area (Å²) in [5.74, 6) is -0.485. The largest absolute Gasteiger partial charge is 0.481 e. The van der Waals surface area contributed by atoms with E-state index in [0.717, 1.165) is 18.8 Å². The number of hydrogen-bond acceptors (Lipinski definition) is 2. The zero-order valence-electron chi connectivity index (χ0n) is 12.9. The maximum atomic E-state index is 11.7. The smallest absolute Gasteiger partial charge is 0.308 e. The van der Waals surface area contributed by atoms with Crippen LogP contribution in [0.5, 0.6) is 0 Å². The van der Waals surface area contributed by atoms with E-state index in [0.29, 0.717) is 6.42 Å². The molecule has 0 bridgehead atoms. The van der Waals surface area contributed by atoms with E-state index in [1.165, 1.54) is 32.1 Å². The number of carbonyl (C=O) groups is 2. The van der Waals surface area contributed by atoms with Crippen LogP contribution < -0.4 is 5.32 Å². The highest BCUT2D eigenvalue weighted by atomic mass is 16.4.